The molecule has 4 heteroatoms. The Morgan fingerprint density at radius 2 is 1.46 bits per heavy atom. The lowest BCUT2D eigenvalue weighted by Crippen LogP contribution is -2.41. The fourth-order valence-electron chi connectivity index (χ4n) is 2.80. The fourth-order valence-corrected chi connectivity index (χ4v) is 2.80. The Morgan fingerprint density at radius 1 is 0.875 bits per heavy atom. The first-order chi connectivity index (χ1) is 11.2. The molecule has 1 heterocycles. The van der Waals surface area contributed by atoms with Crippen LogP contribution < -0.4 is 5.46 Å². The van der Waals surface area contributed by atoms with Crippen LogP contribution in [0.25, 0.3) is 0 Å². The molecule has 1 aliphatic heterocycles. The van der Waals surface area contributed by atoms with Crippen molar-refractivity contribution in [2.75, 3.05) is 0 Å². The minimum absolute atomic E-state index is 0.372. The van der Waals surface area contributed by atoms with E-state index in [1.54, 1.807) is 0 Å². The molecule has 0 radical (unpaired) electrons. The van der Waals surface area contributed by atoms with Crippen molar-refractivity contribution in [2.45, 2.75) is 51.9 Å². The van der Waals surface area contributed by atoms with Crippen LogP contribution in [0, 0.1) is 6.92 Å². The molecule has 126 valence electrons. The number of rotatable bonds is 3. The van der Waals surface area contributed by atoms with E-state index < -0.39 is 13.2 Å². The van der Waals surface area contributed by atoms with Crippen molar-refractivity contribution in [1.82, 2.24) is 0 Å². The van der Waals surface area contributed by atoms with Gasteiger partial charge in [0.05, 0.1) is 11.2 Å². The maximum absolute atomic E-state index is 10.7. The average molecular weight is 324 g/mol. The molecule has 0 aliphatic carbocycles. The van der Waals surface area contributed by atoms with Gasteiger partial charge in [-0.2, -0.15) is 0 Å². The van der Waals surface area contributed by atoms with Gasteiger partial charge in [-0.05, 0) is 51.2 Å². The van der Waals surface area contributed by atoms with Gasteiger partial charge in [-0.1, -0.05) is 54.1 Å². The van der Waals surface area contributed by atoms with Crippen LogP contribution in [0.4, 0.5) is 0 Å². The molecule has 3 nitrogen and oxygen atoms in total. The minimum atomic E-state index is -0.659. The van der Waals surface area contributed by atoms with E-state index in [9.17, 15) is 5.11 Å². The summed E-state index contributed by atoms with van der Waals surface area (Å²) in [6.07, 6.45) is -0.659. The second-order valence-corrected chi connectivity index (χ2v) is 7.57. The van der Waals surface area contributed by atoms with E-state index in [1.807, 2.05) is 83.1 Å². The molecule has 1 N–H and O–H groups in total. The van der Waals surface area contributed by atoms with Gasteiger partial charge >= 0.3 is 7.12 Å². The van der Waals surface area contributed by atoms with E-state index in [0.717, 1.165) is 16.6 Å². The van der Waals surface area contributed by atoms with Crippen LogP contribution in [0.1, 0.15) is 50.5 Å². The summed E-state index contributed by atoms with van der Waals surface area (Å²) in [4.78, 5) is 0. The average Bonchev–Trinajstić information content (AvgIpc) is 2.76. The van der Waals surface area contributed by atoms with Crippen molar-refractivity contribution in [2.24, 2.45) is 0 Å². The highest BCUT2D eigenvalue weighted by Gasteiger charge is 2.51. The topological polar surface area (TPSA) is 38.7 Å². The summed E-state index contributed by atoms with van der Waals surface area (Å²) in [5.41, 5.74) is 3.08. The Hall–Kier alpha value is -1.62. The molecular formula is C20H25BO3. The van der Waals surface area contributed by atoms with Crippen molar-refractivity contribution in [3.8, 4) is 0 Å². The van der Waals surface area contributed by atoms with Crippen molar-refractivity contribution in [3.63, 3.8) is 0 Å². The quantitative estimate of drug-likeness (QED) is 0.880. The molecule has 1 atom stereocenters. The molecule has 2 aromatic carbocycles. The van der Waals surface area contributed by atoms with Gasteiger partial charge in [-0.3, -0.25) is 0 Å². The van der Waals surface area contributed by atoms with Crippen LogP contribution >= 0.6 is 0 Å². The van der Waals surface area contributed by atoms with Crippen molar-refractivity contribution >= 4 is 12.6 Å². The summed E-state index contributed by atoms with van der Waals surface area (Å²) in [5, 5.41) is 10.7. The van der Waals surface area contributed by atoms with E-state index in [1.165, 1.54) is 5.56 Å². The predicted octanol–water partition coefficient (Wildman–Crippen LogP) is 3.38. The van der Waals surface area contributed by atoms with E-state index in [0.29, 0.717) is 0 Å². The fraction of sp³-hybridized carbons (Fsp3) is 0.400. The van der Waals surface area contributed by atoms with Gasteiger partial charge in [0.15, 0.2) is 0 Å². The molecular weight excluding hydrogens is 299 g/mol. The lowest BCUT2D eigenvalue weighted by molar-refractivity contribution is 0.00578. The van der Waals surface area contributed by atoms with E-state index in [-0.39, 0.29) is 11.2 Å². The first kappa shape index (κ1) is 17.2. The molecule has 0 saturated carbocycles. The maximum atomic E-state index is 10.7. The number of aliphatic hydroxyl groups excluding tert-OH is 1. The van der Waals surface area contributed by atoms with Gasteiger partial charge in [-0.25, -0.2) is 0 Å². The summed E-state index contributed by atoms with van der Waals surface area (Å²) in [6.45, 7) is 10.2. The third-order valence-corrected chi connectivity index (χ3v) is 5.14. The zero-order valence-electron chi connectivity index (χ0n) is 15.0. The SMILES string of the molecule is Cc1ccc([C@@H](O)c2cccc(B3OC(C)(C)C(C)(C)O3)c2)cc1. The summed E-state index contributed by atoms with van der Waals surface area (Å²) < 4.78 is 12.2. The molecule has 1 aliphatic rings. The zero-order chi connectivity index (χ0) is 17.5. The van der Waals surface area contributed by atoms with Crippen LogP contribution in [0.5, 0.6) is 0 Å². The third-order valence-electron chi connectivity index (χ3n) is 5.14. The van der Waals surface area contributed by atoms with Crippen LogP contribution in [0.15, 0.2) is 48.5 Å². The Labute approximate surface area is 144 Å². The highest BCUT2D eigenvalue weighted by molar-refractivity contribution is 6.62. The standard InChI is InChI=1S/C20H25BO3/c1-14-9-11-15(12-10-14)18(22)16-7-6-8-17(13-16)21-23-19(2,3)20(4,5)24-21/h6-13,18,22H,1-5H3/t18-/m1/s1. The normalized spacial score (nSPS) is 20.2. The molecule has 0 amide bonds. The lowest BCUT2D eigenvalue weighted by Gasteiger charge is -2.32. The van der Waals surface area contributed by atoms with Gasteiger partial charge in [-0.15, -0.1) is 0 Å². The monoisotopic (exact) mass is 324 g/mol. The van der Waals surface area contributed by atoms with Crippen LogP contribution in [0.3, 0.4) is 0 Å². The smallest absolute Gasteiger partial charge is 0.399 e. The van der Waals surface area contributed by atoms with Crippen molar-refractivity contribution < 1.29 is 14.4 Å². The minimum Gasteiger partial charge on any atom is -0.399 e. The highest BCUT2D eigenvalue weighted by Crippen LogP contribution is 2.36. The third kappa shape index (κ3) is 3.14. The highest BCUT2D eigenvalue weighted by atomic mass is 16.7. The molecule has 1 fully saturated rings. The first-order valence-corrected chi connectivity index (χ1v) is 8.40. The van der Waals surface area contributed by atoms with Gasteiger partial charge in [0, 0.05) is 0 Å². The second kappa shape index (κ2) is 6.03. The van der Waals surface area contributed by atoms with Crippen LogP contribution in [-0.2, 0) is 9.31 Å². The Bertz CT molecular complexity index is 706. The molecule has 1 saturated heterocycles. The zero-order valence-corrected chi connectivity index (χ0v) is 15.0. The molecule has 0 unspecified atom stereocenters. The summed E-state index contributed by atoms with van der Waals surface area (Å²) in [5.74, 6) is 0. The van der Waals surface area contributed by atoms with Crippen molar-refractivity contribution in [3.05, 3.63) is 65.2 Å². The van der Waals surface area contributed by atoms with E-state index in [2.05, 4.69) is 0 Å². The number of hydrogen-bond acceptors (Lipinski definition) is 3. The van der Waals surface area contributed by atoms with Gasteiger partial charge in [0.25, 0.3) is 0 Å². The van der Waals surface area contributed by atoms with Gasteiger partial charge < -0.3 is 14.4 Å². The van der Waals surface area contributed by atoms with E-state index in [4.69, 9.17) is 9.31 Å². The van der Waals surface area contributed by atoms with Gasteiger partial charge in [0.1, 0.15) is 6.10 Å². The Morgan fingerprint density at radius 3 is 2.04 bits per heavy atom. The largest absolute Gasteiger partial charge is 0.494 e. The predicted molar refractivity (Wildman–Crippen MR) is 97.4 cm³/mol. The Kier molecular flexibility index (Phi) is 4.33. The summed E-state index contributed by atoms with van der Waals surface area (Å²) >= 11 is 0. The maximum Gasteiger partial charge on any atom is 0.494 e. The van der Waals surface area contributed by atoms with Gasteiger partial charge in [0.2, 0.25) is 0 Å². The summed E-state index contributed by atoms with van der Waals surface area (Å²) in [6, 6.07) is 15.8. The molecule has 0 bridgehead atoms. The second-order valence-electron chi connectivity index (χ2n) is 7.57. The molecule has 0 spiro atoms. The van der Waals surface area contributed by atoms with Crippen LogP contribution in [-0.4, -0.2) is 23.4 Å². The van der Waals surface area contributed by atoms with E-state index >= 15 is 0 Å². The number of benzene rings is 2. The number of aliphatic hydroxyl groups is 1. The van der Waals surface area contributed by atoms with Crippen molar-refractivity contribution in [1.29, 1.82) is 0 Å². The first-order valence-electron chi connectivity index (χ1n) is 8.40. The number of hydrogen-bond donors (Lipinski definition) is 1. The Balaban J connectivity index is 1.86. The number of aryl methyl sites for hydroxylation is 1. The lowest BCUT2D eigenvalue weighted by atomic mass is 9.78. The molecule has 3 rings (SSSR count). The molecule has 0 aromatic heterocycles. The summed E-state index contributed by atoms with van der Waals surface area (Å²) in [7, 11) is -0.417. The molecule has 24 heavy (non-hydrogen) atoms. The molecule has 2 aromatic rings. The van der Waals surface area contributed by atoms with Crippen LogP contribution in [0.2, 0.25) is 0 Å².